The van der Waals surface area contributed by atoms with E-state index in [1.54, 1.807) is 7.11 Å². The number of anilines is 1. The van der Waals surface area contributed by atoms with E-state index in [2.05, 4.69) is 17.1 Å². The van der Waals surface area contributed by atoms with Crippen molar-refractivity contribution in [3.8, 4) is 5.75 Å². The quantitative estimate of drug-likeness (QED) is 0.286. The van der Waals surface area contributed by atoms with Gasteiger partial charge in [-0.2, -0.15) is 0 Å². The third-order valence-electron chi connectivity index (χ3n) is 5.25. The van der Waals surface area contributed by atoms with Crippen LogP contribution >= 0.6 is 34.8 Å². The third kappa shape index (κ3) is 7.58. The van der Waals surface area contributed by atoms with Gasteiger partial charge in [-0.15, -0.1) is 23.2 Å². The van der Waals surface area contributed by atoms with Crippen molar-refractivity contribution in [3.63, 3.8) is 0 Å². The van der Waals surface area contributed by atoms with E-state index in [-0.39, 0.29) is 33.7 Å². The lowest BCUT2D eigenvalue weighted by atomic mass is 10.1. The molecule has 1 aromatic heterocycles. The Bertz CT molecular complexity index is 994. The summed E-state index contributed by atoms with van der Waals surface area (Å²) in [5.74, 6) is 2.07. The predicted molar refractivity (Wildman–Crippen MR) is 133 cm³/mol. The van der Waals surface area contributed by atoms with E-state index in [0.717, 1.165) is 65.7 Å². The number of hydrogen-bond acceptors (Lipinski definition) is 4. The molecule has 9 heteroatoms. The first-order chi connectivity index (χ1) is 14.5. The van der Waals surface area contributed by atoms with Gasteiger partial charge in [-0.1, -0.05) is 11.6 Å². The number of pyridine rings is 1. The van der Waals surface area contributed by atoms with Crippen molar-refractivity contribution in [1.82, 2.24) is 9.88 Å². The number of nitrogens with zero attached hydrogens (tertiary/aromatic N) is 2. The third-order valence-corrected chi connectivity index (χ3v) is 5.82. The molecular formula is C23H30Cl5N3O. The molecule has 0 fully saturated rings. The van der Waals surface area contributed by atoms with Crippen LogP contribution in [0.2, 0.25) is 5.02 Å². The summed E-state index contributed by atoms with van der Waals surface area (Å²) in [5.41, 5.74) is 2.86. The zero-order valence-electron chi connectivity index (χ0n) is 20.2. The fourth-order valence-corrected chi connectivity index (χ4v) is 4.34. The molecule has 1 heterocycles. The number of alkyl halides is 2. The molecule has 2 aromatic carbocycles. The standard InChI is InChI=1S/C23H28Cl3N3O.2ClH/c1-16(4-3-11-29(12-9-24)13-10-25)27-23-19-7-5-17(26)14-22(19)28-21-8-6-18(30-2)15-20(21)23;;/h5-8,14-16H,3-4,9-13H2,1-2H3,(H,27,28);2*1H. The molecule has 4 nitrogen and oxygen atoms in total. The van der Waals surface area contributed by atoms with Crippen LogP contribution in [0.15, 0.2) is 36.4 Å². The average molecular weight is 542 g/mol. The van der Waals surface area contributed by atoms with Crippen molar-refractivity contribution in [2.75, 3.05) is 43.8 Å². The number of methoxy groups -OCH3 is 1. The van der Waals surface area contributed by atoms with Crippen molar-refractivity contribution >= 4 is 62.3 Å². The average Bonchev–Trinajstić information content (AvgIpc) is 2.73. The van der Waals surface area contributed by atoms with Crippen LogP contribution in [0.5, 0.6) is 5.75 Å². The van der Waals surface area contributed by atoms with E-state index < -0.39 is 0 Å². The summed E-state index contributed by atoms with van der Waals surface area (Å²) >= 11 is 18.0. The summed E-state index contributed by atoms with van der Waals surface area (Å²) < 4.78 is 5.45. The van der Waals surface area contributed by atoms with Crippen LogP contribution in [-0.4, -0.2) is 54.4 Å². The number of rotatable bonds is 11. The number of hydrogen-bond donors (Lipinski definition) is 1. The van der Waals surface area contributed by atoms with Gasteiger partial charge in [0, 0.05) is 46.7 Å². The molecule has 0 aliphatic heterocycles. The Kier molecular flexibility index (Phi) is 13.1. The monoisotopic (exact) mass is 539 g/mol. The largest absolute Gasteiger partial charge is 1.00 e. The molecule has 0 bridgehead atoms. The minimum Gasteiger partial charge on any atom is -1.00 e. The van der Waals surface area contributed by atoms with Crippen molar-refractivity contribution in [2.45, 2.75) is 25.8 Å². The van der Waals surface area contributed by atoms with E-state index in [9.17, 15) is 0 Å². The molecule has 3 rings (SSSR count). The molecule has 0 saturated carbocycles. The van der Waals surface area contributed by atoms with Crippen molar-refractivity contribution in [1.29, 1.82) is 0 Å². The zero-order chi connectivity index (χ0) is 21.5. The molecular weight excluding hydrogens is 512 g/mol. The molecule has 0 aliphatic carbocycles. The van der Waals surface area contributed by atoms with Gasteiger partial charge < -0.3 is 39.8 Å². The van der Waals surface area contributed by atoms with Crippen molar-refractivity contribution < 1.29 is 32.4 Å². The molecule has 1 unspecified atom stereocenters. The summed E-state index contributed by atoms with van der Waals surface area (Å²) in [6.07, 6.45) is 2.10. The Hall–Kier alpha value is -0.880. The van der Waals surface area contributed by atoms with Crippen molar-refractivity contribution in [2.24, 2.45) is 0 Å². The highest BCUT2D eigenvalue weighted by molar-refractivity contribution is 6.31. The smallest absolute Gasteiger partial charge is 1.00 e. The number of aromatic nitrogens is 1. The lowest BCUT2D eigenvalue weighted by Crippen LogP contribution is -3.00. The van der Waals surface area contributed by atoms with E-state index in [1.165, 1.54) is 0 Å². The SMILES string of the molecule is COc1ccc2nc3cc(Cl)ccc3c(NC(C)CCCN(CCCl)CCCl)c2c1.[Cl-].[Cl-].[H+].[H+]. The summed E-state index contributed by atoms with van der Waals surface area (Å²) in [5, 5.41) is 6.51. The fourth-order valence-electron chi connectivity index (χ4n) is 3.69. The Labute approximate surface area is 220 Å². The summed E-state index contributed by atoms with van der Waals surface area (Å²) in [6, 6.07) is 12.1. The maximum atomic E-state index is 6.22. The molecule has 32 heavy (non-hydrogen) atoms. The first-order valence-corrected chi connectivity index (χ1v) is 11.7. The maximum absolute atomic E-state index is 6.22. The van der Waals surface area contributed by atoms with Gasteiger partial charge in [-0.25, -0.2) is 4.98 Å². The van der Waals surface area contributed by atoms with E-state index >= 15 is 0 Å². The van der Waals surface area contributed by atoms with Gasteiger partial charge in [0.15, 0.2) is 0 Å². The van der Waals surface area contributed by atoms with E-state index in [0.29, 0.717) is 16.8 Å². The van der Waals surface area contributed by atoms with Crippen LogP contribution in [0, 0.1) is 0 Å². The normalized spacial score (nSPS) is 11.8. The van der Waals surface area contributed by atoms with Crippen LogP contribution in [0.1, 0.15) is 22.6 Å². The number of halogens is 5. The van der Waals surface area contributed by atoms with Crippen molar-refractivity contribution in [3.05, 3.63) is 41.4 Å². The molecule has 0 saturated heterocycles. The molecule has 0 amide bonds. The Balaban J connectivity index is 0. The van der Waals surface area contributed by atoms with Gasteiger partial charge in [0.05, 0.1) is 23.8 Å². The number of fused-ring (bicyclic) bond motifs is 2. The maximum Gasteiger partial charge on any atom is 1.00 e. The second kappa shape index (κ2) is 14.4. The molecule has 1 N–H and O–H groups in total. The van der Waals surface area contributed by atoms with E-state index in [1.807, 2.05) is 36.4 Å². The summed E-state index contributed by atoms with van der Waals surface area (Å²) in [6.45, 7) is 4.95. The first-order valence-electron chi connectivity index (χ1n) is 10.2. The van der Waals surface area contributed by atoms with Gasteiger partial charge in [0.1, 0.15) is 5.75 Å². The highest BCUT2D eigenvalue weighted by Gasteiger charge is 2.14. The molecule has 0 spiro atoms. The molecule has 0 aliphatic rings. The minimum atomic E-state index is 0. The second-order valence-corrected chi connectivity index (χ2v) is 8.63. The minimum absolute atomic E-state index is 0. The van der Waals surface area contributed by atoms with Gasteiger partial charge in [-0.3, -0.25) is 0 Å². The number of benzene rings is 2. The second-order valence-electron chi connectivity index (χ2n) is 7.44. The van der Waals surface area contributed by atoms with Gasteiger partial charge in [-0.05, 0) is 62.7 Å². The number of ether oxygens (including phenoxy) is 1. The molecule has 3 aromatic rings. The van der Waals surface area contributed by atoms with Gasteiger partial charge in [0.2, 0.25) is 0 Å². The van der Waals surface area contributed by atoms with Gasteiger partial charge >= 0.3 is 2.85 Å². The van der Waals surface area contributed by atoms with Crippen LogP contribution in [0.25, 0.3) is 21.8 Å². The lowest BCUT2D eigenvalue weighted by Gasteiger charge is -2.22. The van der Waals surface area contributed by atoms with Crippen LogP contribution < -0.4 is 34.9 Å². The highest BCUT2D eigenvalue weighted by Crippen LogP contribution is 2.34. The zero-order valence-corrected chi connectivity index (χ0v) is 22.0. The van der Waals surface area contributed by atoms with Crippen LogP contribution in [0.4, 0.5) is 5.69 Å². The first kappa shape index (κ1) is 29.2. The lowest BCUT2D eigenvalue weighted by molar-refractivity contribution is -0.00100. The van der Waals surface area contributed by atoms with Crippen LogP contribution in [-0.2, 0) is 0 Å². The van der Waals surface area contributed by atoms with Gasteiger partial charge in [0.25, 0.3) is 0 Å². The van der Waals surface area contributed by atoms with Crippen LogP contribution in [0.3, 0.4) is 0 Å². The molecule has 178 valence electrons. The predicted octanol–water partition coefficient (Wildman–Crippen LogP) is 0.643. The number of nitrogens with one attached hydrogen (secondary N) is 1. The summed E-state index contributed by atoms with van der Waals surface area (Å²) in [7, 11) is 1.68. The molecule has 1 atom stereocenters. The highest BCUT2D eigenvalue weighted by atomic mass is 35.5. The summed E-state index contributed by atoms with van der Waals surface area (Å²) in [4.78, 5) is 7.11. The molecule has 0 radical (unpaired) electrons. The fraction of sp³-hybridized carbons (Fsp3) is 0.435. The Morgan fingerprint density at radius 3 is 2.38 bits per heavy atom. The Morgan fingerprint density at radius 1 is 1.00 bits per heavy atom. The Morgan fingerprint density at radius 2 is 1.72 bits per heavy atom. The topological polar surface area (TPSA) is 37.4 Å². The van der Waals surface area contributed by atoms with E-state index in [4.69, 9.17) is 44.5 Å².